The Morgan fingerprint density at radius 3 is 2.22 bits per heavy atom. The molecule has 2 heteroatoms. The SMILES string of the molecule is Cc1c(-c2ccc3c4ccccc4n(-c4ccccc4)c3c2)ccc2c1Oc1ccccc1C2(C)C. The van der Waals surface area contributed by atoms with Gasteiger partial charge in [-0.2, -0.15) is 0 Å². The summed E-state index contributed by atoms with van der Waals surface area (Å²) in [5, 5.41) is 2.53. The van der Waals surface area contributed by atoms with Crippen LogP contribution in [0.25, 0.3) is 38.6 Å². The summed E-state index contributed by atoms with van der Waals surface area (Å²) in [6.07, 6.45) is 0. The number of hydrogen-bond acceptors (Lipinski definition) is 1. The van der Waals surface area contributed by atoms with Gasteiger partial charge in [0.05, 0.1) is 11.0 Å². The maximum absolute atomic E-state index is 6.53. The second kappa shape index (κ2) is 7.60. The monoisotopic (exact) mass is 465 g/mol. The zero-order valence-electron chi connectivity index (χ0n) is 20.7. The number of nitrogens with zero attached hydrogens (tertiary/aromatic N) is 1. The minimum Gasteiger partial charge on any atom is -0.456 e. The van der Waals surface area contributed by atoms with E-state index in [1.54, 1.807) is 0 Å². The first kappa shape index (κ1) is 21.0. The Kier molecular flexibility index (Phi) is 4.44. The molecule has 0 amide bonds. The third-order valence-corrected chi connectivity index (χ3v) is 7.85. The average molecular weight is 466 g/mol. The standard InChI is InChI=1S/C34H27NO/c1-22-25(19-20-29-33(22)36-32-16-10-8-14-28(32)34(29,2)3)23-17-18-27-26-13-7-9-15-30(26)35(31(27)21-23)24-11-5-4-6-12-24/h4-21H,1-3H3. The Morgan fingerprint density at radius 1 is 0.639 bits per heavy atom. The van der Waals surface area contributed by atoms with Gasteiger partial charge in [0.15, 0.2) is 0 Å². The molecule has 0 atom stereocenters. The van der Waals surface area contributed by atoms with Crippen LogP contribution in [0.4, 0.5) is 0 Å². The predicted molar refractivity (Wildman–Crippen MR) is 150 cm³/mol. The van der Waals surface area contributed by atoms with E-state index in [1.165, 1.54) is 55.3 Å². The first-order valence-corrected chi connectivity index (χ1v) is 12.5. The Labute approximate surface area is 211 Å². The quantitative estimate of drug-likeness (QED) is 0.249. The fraction of sp³-hybridized carbons (Fsp3) is 0.118. The number of ether oxygens (including phenoxy) is 1. The highest BCUT2D eigenvalue weighted by Gasteiger charge is 2.35. The maximum atomic E-state index is 6.53. The largest absolute Gasteiger partial charge is 0.456 e. The van der Waals surface area contributed by atoms with Crippen LogP contribution >= 0.6 is 0 Å². The van der Waals surface area contributed by atoms with Crippen molar-refractivity contribution < 1.29 is 4.74 Å². The van der Waals surface area contributed by atoms with Crippen molar-refractivity contribution in [2.45, 2.75) is 26.2 Å². The lowest BCUT2D eigenvalue weighted by atomic mass is 9.74. The Morgan fingerprint density at radius 2 is 1.36 bits per heavy atom. The van der Waals surface area contributed by atoms with E-state index >= 15 is 0 Å². The summed E-state index contributed by atoms with van der Waals surface area (Å²) in [5.74, 6) is 1.94. The second-order valence-corrected chi connectivity index (χ2v) is 10.3. The first-order valence-electron chi connectivity index (χ1n) is 12.5. The lowest BCUT2D eigenvalue weighted by Gasteiger charge is -2.35. The molecular formula is C34H27NO. The Bertz CT molecular complexity index is 1790. The Hall–Kier alpha value is -4.30. The summed E-state index contributed by atoms with van der Waals surface area (Å²) < 4.78 is 8.90. The number of hydrogen-bond donors (Lipinski definition) is 0. The van der Waals surface area contributed by atoms with E-state index in [-0.39, 0.29) is 5.41 Å². The molecule has 1 aliphatic rings. The molecule has 1 aromatic heterocycles. The highest BCUT2D eigenvalue weighted by Crippen LogP contribution is 2.50. The smallest absolute Gasteiger partial charge is 0.135 e. The van der Waals surface area contributed by atoms with Crippen LogP contribution in [0.1, 0.15) is 30.5 Å². The minimum absolute atomic E-state index is 0.114. The zero-order chi connectivity index (χ0) is 24.4. The van der Waals surface area contributed by atoms with E-state index in [4.69, 9.17) is 4.74 Å². The van der Waals surface area contributed by atoms with Crippen molar-refractivity contribution in [3.05, 3.63) is 126 Å². The summed E-state index contributed by atoms with van der Waals surface area (Å²) in [5.41, 5.74) is 9.54. The van der Waals surface area contributed by atoms with E-state index in [9.17, 15) is 0 Å². The van der Waals surface area contributed by atoms with E-state index < -0.39 is 0 Å². The van der Waals surface area contributed by atoms with Crippen molar-refractivity contribution >= 4 is 21.8 Å². The predicted octanol–water partition coefficient (Wildman–Crippen LogP) is 9.19. The third kappa shape index (κ3) is 2.91. The van der Waals surface area contributed by atoms with Gasteiger partial charge >= 0.3 is 0 Å². The van der Waals surface area contributed by atoms with Crippen molar-refractivity contribution in [1.29, 1.82) is 0 Å². The molecule has 0 saturated carbocycles. The van der Waals surface area contributed by atoms with Crippen molar-refractivity contribution in [3.63, 3.8) is 0 Å². The van der Waals surface area contributed by atoms with Crippen LogP contribution in [-0.4, -0.2) is 4.57 Å². The van der Waals surface area contributed by atoms with E-state index in [0.29, 0.717) is 0 Å². The van der Waals surface area contributed by atoms with Crippen LogP contribution in [0.3, 0.4) is 0 Å². The topological polar surface area (TPSA) is 14.2 Å². The van der Waals surface area contributed by atoms with Gasteiger partial charge in [-0.1, -0.05) is 92.7 Å². The van der Waals surface area contributed by atoms with Crippen molar-refractivity contribution in [1.82, 2.24) is 4.57 Å². The third-order valence-electron chi connectivity index (χ3n) is 7.85. The summed E-state index contributed by atoms with van der Waals surface area (Å²) in [4.78, 5) is 0. The molecule has 0 spiro atoms. The van der Waals surface area contributed by atoms with Gasteiger partial charge in [0.2, 0.25) is 0 Å². The van der Waals surface area contributed by atoms with Crippen LogP contribution in [0.15, 0.2) is 109 Å². The number of aromatic nitrogens is 1. The molecule has 6 aromatic rings. The molecule has 0 bridgehead atoms. The highest BCUT2D eigenvalue weighted by atomic mass is 16.5. The summed E-state index contributed by atoms with van der Waals surface area (Å²) in [6, 6.07) is 39.1. The average Bonchev–Trinajstić information content (AvgIpc) is 3.23. The van der Waals surface area contributed by atoms with E-state index in [2.05, 4.69) is 135 Å². The van der Waals surface area contributed by atoms with Crippen LogP contribution < -0.4 is 4.74 Å². The molecule has 0 fully saturated rings. The molecule has 0 aliphatic carbocycles. The van der Waals surface area contributed by atoms with Crippen LogP contribution in [0.5, 0.6) is 11.5 Å². The number of rotatable bonds is 2. The molecule has 1 aliphatic heterocycles. The van der Waals surface area contributed by atoms with Crippen LogP contribution in [0, 0.1) is 6.92 Å². The second-order valence-electron chi connectivity index (χ2n) is 10.3. The fourth-order valence-electron chi connectivity index (χ4n) is 5.95. The lowest BCUT2D eigenvalue weighted by molar-refractivity contribution is 0.415. The van der Waals surface area contributed by atoms with Crippen molar-refractivity contribution in [3.8, 4) is 28.3 Å². The van der Waals surface area contributed by atoms with Crippen LogP contribution in [0.2, 0.25) is 0 Å². The van der Waals surface area contributed by atoms with E-state index in [1.807, 2.05) is 0 Å². The molecule has 0 radical (unpaired) electrons. The maximum Gasteiger partial charge on any atom is 0.135 e. The molecule has 174 valence electrons. The van der Waals surface area contributed by atoms with Gasteiger partial charge in [-0.25, -0.2) is 0 Å². The van der Waals surface area contributed by atoms with Gasteiger partial charge in [0.1, 0.15) is 11.5 Å². The van der Waals surface area contributed by atoms with Crippen LogP contribution in [-0.2, 0) is 5.41 Å². The number of fused-ring (bicyclic) bond motifs is 5. The van der Waals surface area contributed by atoms with Gasteiger partial charge in [0, 0.05) is 33.0 Å². The molecule has 5 aromatic carbocycles. The molecule has 2 heterocycles. The first-order chi connectivity index (χ1) is 17.5. The van der Waals surface area contributed by atoms with Gasteiger partial charge in [-0.05, 0) is 53.9 Å². The molecule has 0 N–H and O–H groups in total. The minimum atomic E-state index is -0.114. The normalized spacial score (nSPS) is 13.9. The molecule has 36 heavy (non-hydrogen) atoms. The van der Waals surface area contributed by atoms with Gasteiger partial charge < -0.3 is 9.30 Å². The molecule has 2 nitrogen and oxygen atoms in total. The van der Waals surface area contributed by atoms with Crippen molar-refractivity contribution in [2.24, 2.45) is 0 Å². The summed E-state index contributed by atoms with van der Waals surface area (Å²) >= 11 is 0. The lowest BCUT2D eigenvalue weighted by Crippen LogP contribution is -2.24. The van der Waals surface area contributed by atoms with Gasteiger partial charge in [-0.3, -0.25) is 0 Å². The molecular weight excluding hydrogens is 438 g/mol. The van der Waals surface area contributed by atoms with E-state index in [0.717, 1.165) is 11.5 Å². The highest BCUT2D eigenvalue weighted by molar-refractivity contribution is 6.10. The number of para-hydroxylation sites is 3. The fourth-order valence-corrected chi connectivity index (χ4v) is 5.95. The number of benzene rings is 5. The van der Waals surface area contributed by atoms with Gasteiger partial charge in [0.25, 0.3) is 0 Å². The molecule has 0 saturated heterocycles. The summed E-state index contributed by atoms with van der Waals surface area (Å²) in [6.45, 7) is 6.77. The molecule has 0 unspecified atom stereocenters. The molecule has 7 rings (SSSR count). The summed E-state index contributed by atoms with van der Waals surface area (Å²) in [7, 11) is 0. The van der Waals surface area contributed by atoms with Crippen molar-refractivity contribution in [2.75, 3.05) is 0 Å². The van der Waals surface area contributed by atoms with Gasteiger partial charge in [-0.15, -0.1) is 0 Å². The zero-order valence-corrected chi connectivity index (χ0v) is 20.7. The Balaban J connectivity index is 1.45.